The molecule has 0 aliphatic rings. The maximum atomic E-state index is 9.10. The number of rotatable bonds is 9. The van der Waals surface area contributed by atoms with Crippen molar-refractivity contribution in [3.8, 4) is 17.2 Å². The van der Waals surface area contributed by atoms with Crippen LogP contribution in [0.25, 0.3) is 0 Å². The van der Waals surface area contributed by atoms with Crippen LogP contribution in [0.1, 0.15) is 13.3 Å². The maximum Gasteiger partial charge on any atom is 0.203 e. The van der Waals surface area contributed by atoms with E-state index in [2.05, 4.69) is 5.32 Å². The highest BCUT2D eigenvalue weighted by atomic mass is 16.5. The van der Waals surface area contributed by atoms with Gasteiger partial charge in [0.2, 0.25) is 5.75 Å². The van der Waals surface area contributed by atoms with Crippen LogP contribution in [0.15, 0.2) is 18.2 Å². The molecule has 108 valence electrons. The molecule has 0 aromatic heterocycles. The minimum absolute atomic E-state index is 0.324. The van der Waals surface area contributed by atoms with Crippen LogP contribution in [-0.4, -0.2) is 45.1 Å². The number of para-hydroxylation sites is 1. The number of hydrogen-bond donors (Lipinski definition) is 2. The normalized spacial score (nSPS) is 12.0. The van der Waals surface area contributed by atoms with Crippen LogP contribution in [0.5, 0.6) is 17.2 Å². The van der Waals surface area contributed by atoms with Crippen molar-refractivity contribution in [3.05, 3.63) is 18.2 Å². The summed E-state index contributed by atoms with van der Waals surface area (Å²) in [4.78, 5) is 0. The van der Waals surface area contributed by atoms with Crippen molar-refractivity contribution in [1.29, 1.82) is 0 Å². The molecule has 0 fully saturated rings. The fourth-order valence-electron chi connectivity index (χ4n) is 1.64. The molecule has 5 heteroatoms. The van der Waals surface area contributed by atoms with Crippen molar-refractivity contribution in [3.63, 3.8) is 0 Å². The molecule has 0 bridgehead atoms. The molecule has 0 saturated heterocycles. The average Bonchev–Trinajstić information content (AvgIpc) is 2.42. The van der Waals surface area contributed by atoms with Crippen LogP contribution >= 0.6 is 0 Å². The molecule has 5 nitrogen and oxygen atoms in total. The molecular weight excluding hydrogens is 246 g/mol. The largest absolute Gasteiger partial charge is 0.493 e. The molecule has 1 atom stereocenters. The van der Waals surface area contributed by atoms with Crippen molar-refractivity contribution in [2.24, 2.45) is 0 Å². The van der Waals surface area contributed by atoms with Gasteiger partial charge in [0.25, 0.3) is 0 Å². The summed E-state index contributed by atoms with van der Waals surface area (Å²) in [5.41, 5.74) is 0. The third kappa shape index (κ3) is 5.36. The molecule has 0 unspecified atom stereocenters. The first-order valence-corrected chi connectivity index (χ1v) is 6.41. The highest BCUT2D eigenvalue weighted by Crippen LogP contribution is 2.36. The van der Waals surface area contributed by atoms with Gasteiger partial charge in [-0.1, -0.05) is 6.07 Å². The summed E-state index contributed by atoms with van der Waals surface area (Å²) in [6, 6.07) is 5.53. The predicted molar refractivity (Wildman–Crippen MR) is 74.2 cm³/mol. The van der Waals surface area contributed by atoms with Gasteiger partial charge in [0.1, 0.15) is 0 Å². The molecule has 0 amide bonds. The van der Waals surface area contributed by atoms with E-state index in [4.69, 9.17) is 19.3 Å². The molecular formula is C14H23NO4. The van der Waals surface area contributed by atoms with Gasteiger partial charge < -0.3 is 24.6 Å². The molecule has 0 aliphatic heterocycles. The first-order valence-electron chi connectivity index (χ1n) is 6.41. The van der Waals surface area contributed by atoms with E-state index in [0.717, 1.165) is 13.0 Å². The van der Waals surface area contributed by atoms with Crippen molar-refractivity contribution in [2.45, 2.75) is 19.4 Å². The number of ether oxygens (including phenoxy) is 3. The Balaban J connectivity index is 2.40. The van der Waals surface area contributed by atoms with Crippen LogP contribution in [0.4, 0.5) is 0 Å². The van der Waals surface area contributed by atoms with Gasteiger partial charge in [0.05, 0.1) is 26.9 Å². The highest BCUT2D eigenvalue weighted by Gasteiger charge is 2.10. The molecule has 2 N–H and O–H groups in total. The molecule has 0 saturated carbocycles. The van der Waals surface area contributed by atoms with Crippen LogP contribution in [-0.2, 0) is 0 Å². The van der Waals surface area contributed by atoms with E-state index >= 15 is 0 Å². The lowest BCUT2D eigenvalue weighted by Crippen LogP contribution is -2.26. The first kappa shape index (κ1) is 15.6. The lowest BCUT2D eigenvalue weighted by Gasteiger charge is -2.14. The summed E-state index contributed by atoms with van der Waals surface area (Å²) in [5.74, 6) is 1.95. The fraction of sp³-hybridized carbons (Fsp3) is 0.571. The number of aliphatic hydroxyl groups is 1. The molecule has 1 aromatic rings. The average molecular weight is 269 g/mol. The first-order chi connectivity index (χ1) is 9.19. The topological polar surface area (TPSA) is 60.0 Å². The summed E-state index contributed by atoms with van der Waals surface area (Å²) in [5, 5.41) is 12.2. The lowest BCUT2D eigenvalue weighted by molar-refractivity contribution is 0.189. The van der Waals surface area contributed by atoms with Gasteiger partial charge in [-0.3, -0.25) is 0 Å². The van der Waals surface area contributed by atoms with Gasteiger partial charge in [0.15, 0.2) is 11.5 Å². The van der Waals surface area contributed by atoms with Crippen LogP contribution < -0.4 is 19.5 Å². The third-order valence-electron chi connectivity index (χ3n) is 2.57. The van der Waals surface area contributed by atoms with Crippen LogP contribution in [0, 0.1) is 0 Å². The summed E-state index contributed by atoms with van der Waals surface area (Å²) < 4.78 is 16.2. The Morgan fingerprint density at radius 3 is 2.37 bits per heavy atom. The van der Waals surface area contributed by atoms with Crippen LogP contribution in [0.2, 0.25) is 0 Å². The van der Waals surface area contributed by atoms with E-state index < -0.39 is 0 Å². The van der Waals surface area contributed by atoms with Gasteiger partial charge in [-0.25, -0.2) is 0 Å². The minimum atomic E-state index is -0.324. The van der Waals surface area contributed by atoms with Crippen molar-refractivity contribution >= 4 is 0 Å². The van der Waals surface area contributed by atoms with E-state index in [1.54, 1.807) is 21.1 Å². The number of aliphatic hydroxyl groups excluding tert-OH is 1. The van der Waals surface area contributed by atoms with E-state index in [9.17, 15) is 0 Å². The molecule has 1 rings (SSSR count). The molecule has 19 heavy (non-hydrogen) atoms. The zero-order valence-corrected chi connectivity index (χ0v) is 11.8. The van der Waals surface area contributed by atoms with E-state index in [0.29, 0.717) is 30.4 Å². The van der Waals surface area contributed by atoms with Crippen molar-refractivity contribution in [1.82, 2.24) is 5.32 Å². The maximum absolute atomic E-state index is 9.10. The zero-order valence-electron chi connectivity index (χ0n) is 11.8. The van der Waals surface area contributed by atoms with Crippen molar-refractivity contribution < 1.29 is 19.3 Å². The second-order valence-electron chi connectivity index (χ2n) is 4.25. The summed E-state index contributed by atoms with van der Waals surface area (Å²) >= 11 is 0. The number of benzene rings is 1. The molecule has 0 heterocycles. The molecule has 0 spiro atoms. The molecule has 1 aromatic carbocycles. The summed E-state index contributed by atoms with van der Waals surface area (Å²) in [6.07, 6.45) is 0.517. The van der Waals surface area contributed by atoms with Crippen LogP contribution in [0.3, 0.4) is 0 Å². The number of hydrogen-bond acceptors (Lipinski definition) is 5. The van der Waals surface area contributed by atoms with Gasteiger partial charge >= 0.3 is 0 Å². The second kappa shape index (κ2) is 8.61. The molecule has 0 aliphatic carbocycles. The standard InChI is InChI=1S/C14H23NO4/c1-11(16)10-15-8-5-9-19-14-12(17-2)6-4-7-13(14)18-3/h4,6-7,11,15-16H,5,8-10H2,1-3H3/t11-/m1/s1. The summed E-state index contributed by atoms with van der Waals surface area (Å²) in [6.45, 7) is 3.70. The number of nitrogens with one attached hydrogen (secondary N) is 1. The Bertz CT molecular complexity index is 346. The van der Waals surface area contributed by atoms with Gasteiger partial charge in [-0.05, 0) is 32.0 Å². The number of methoxy groups -OCH3 is 2. The van der Waals surface area contributed by atoms with Gasteiger partial charge in [0, 0.05) is 6.54 Å². The smallest absolute Gasteiger partial charge is 0.203 e. The Labute approximate surface area is 114 Å². The lowest BCUT2D eigenvalue weighted by atomic mass is 10.3. The van der Waals surface area contributed by atoms with E-state index in [-0.39, 0.29) is 6.10 Å². The Morgan fingerprint density at radius 1 is 1.21 bits per heavy atom. The molecule has 0 radical (unpaired) electrons. The Morgan fingerprint density at radius 2 is 1.84 bits per heavy atom. The minimum Gasteiger partial charge on any atom is -0.493 e. The Kier molecular flexibility index (Phi) is 7.07. The second-order valence-corrected chi connectivity index (χ2v) is 4.25. The highest BCUT2D eigenvalue weighted by molar-refractivity contribution is 5.51. The van der Waals surface area contributed by atoms with E-state index in [1.165, 1.54) is 0 Å². The monoisotopic (exact) mass is 269 g/mol. The third-order valence-corrected chi connectivity index (χ3v) is 2.57. The fourth-order valence-corrected chi connectivity index (χ4v) is 1.64. The van der Waals surface area contributed by atoms with E-state index in [1.807, 2.05) is 18.2 Å². The van der Waals surface area contributed by atoms with Crippen molar-refractivity contribution in [2.75, 3.05) is 33.9 Å². The summed E-state index contributed by atoms with van der Waals surface area (Å²) in [7, 11) is 3.21. The Hall–Kier alpha value is -1.46. The van der Waals surface area contributed by atoms with Gasteiger partial charge in [-0.15, -0.1) is 0 Å². The quantitative estimate of drug-likeness (QED) is 0.664. The SMILES string of the molecule is COc1cccc(OC)c1OCCCNC[C@@H](C)O. The predicted octanol–water partition coefficient (Wildman–Crippen LogP) is 1.44. The zero-order chi connectivity index (χ0) is 14.1. The van der Waals surface area contributed by atoms with Gasteiger partial charge in [-0.2, -0.15) is 0 Å².